The number of hydrogen-bond acceptors (Lipinski definition) is 3. The molecule has 15 heavy (non-hydrogen) atoms. The Kier molecular flexibility index (Phi) is 3.72. The van der Waals surface area contributed by atoms with Crippen molar-refractivity contribution in [3.8, 4) is 0 Å². The van der Waals surface area contributed by atoms with Crippen LogP contribution >= 0.6 is 0 Å². The van der Waals surface area contributed by atoms with Crippen LogP contribution < -0.4 is 16.4 Å². The number of nitrogens with two attached hydrogens (primary N) is 1. The number of piperidine rings is 1. The van der Waals surface area contributed by atoms with Crippen molar-refractivity contribution in [2.45, 2.75) is 25.0 Å². The molecule has 82 valence electrons. The Morgan fingerprint density at radius 2 is 2.07 bits per heavy atom. The van der Waals surface area contributed by atoms with Crippen LogP contribution in [-0.4, -0.2) is 25.2 Å². The van der Waals surface area contributed by atoms with Crippen LogP contribution in [0.25, 0.3) is 0 Å². The summed E-state index contributed by atoms with van der Waals surface area (Å²) in [4.78, 5) is 0. The topological polar surface area (TPSA) is 50.1 Å². The highest BCUT2D eigenvalue weighted by Crippen LogP contribution is 2.03. The summed E-state index contributed by atoms with van der Waals surface area (Å²) in [6, 6.07) is 11.3. The molecule has 1 heterocycles. The SMILES string of the molecule is N[C@H]1CNCC(NCc2ccccc2)C1. The predicted molar refractivity (Wildman–Crippen MR) is 62.5 cm³/mol. The summed E-state index contributed by atoms with van der Waals surface area (Å²) < 4.78 is 0. The molecule has 1 aliphatic rings. The summed E-state index contributed by atoms with van der Waals surface area (Å²) in [6.07, 6.45) is 1.07. The molecule has 3 nitrogen and oxygen atoms in total. The van der Waals surface area contributed by atoms with E-state index in [-0.39, 0.29) is 0 Å². The highest BCUT2D eigenvalue weighted by Gasteiger charge is 2.17. The second-order valence-corrected chi connectivity index (χ2v) is 4.22. The molecule has 4 N–H and O–H groups in total. The first-order valence-corrected chi connectivity index (χ1v) is 5.58. The quantitative estimate of drug-likeness (QED) is 0.672. The molecule has 1 unspecified atom stereocenters. The molecule has 0 radical (unpaired) electrons. The minimum Gasteiger partial charge on any atom is -0.326 e. The molecule has 3 heteroatoms. The summed E-state index contributed by atoms with van der Waals surface area (Å²) >= 11 is 0. The van der Waals surface area contributed by atoms with Crippen molar-refractivity contribution in [2.24, 2.45) is 5.73 Å². The summed E-state index contributed by atoms with van der Waals surface area (Å²) in [6.45, 7) is 2.91. The van der Waals surface area contributed by atoms with Crippen molar-refractivity contribution in [3.05, 3.63) is 35.9 Å². The van der Waals surface area contributed by atoms with E-state index in [1.807, 2.05) is 6.07 Å². The van der Waals surface area contributed by atoms with Crippen LogP contribution in [0.4, 0.5) is 0 Å². The van der Waals surface area contributed by atoms with Crippen molar-refractivity contribution in [3.63, 3.8) is 0 Å². The van der Waals surface area contributed by atoms with E-state index in [4.69, 9.17) is 5.73 Å². The first kappa shape index (κ1) is 10.6. The Hall–Kier alpha value is -0.900. The molecule has 2 rings (SSSR count). The Morgan fingerprint density at radius 1 is 1.27 bits per heavy atom. The van der Waals surface area contributed by atoms with Gasteiger partial charge in [0, 0.05) is 31.7 Å². The molecule has 0 amide bonds. The molecule has 0 bridgehead atoms. The van der Waals surface area contributed by atoms with Gasteiger partial charge in [-0.1, -0.05) is 30.3 Å². The number of nitrogens with one attached hydrogen (secondary N) is 2. The lowest BCUT2D eigenvalue weighted by molar-refractivity contribution is 0.355. The van der Waals surface area contributed by atoms with E-state index in [0.717, 1.165) is 26.1 Å². The van der Waals surface area contributed by atoms with Gasteiger partial charge in [0.1, 0.15) is 0 Å². The zero-order valence-corrected chi connectivity index (χ0v) is 8.95. The third-order valence-corrected chi connectivity index (χ3v) is 2.82. The Morgan fingerprint density at radius 3 is 2.80 bits per heavy atom. The van der Waals surface area contributed by atoms with Crippen molar-refractivity contribution in [1.29, 1.82) is 0 Å². The third-order valence-electron chi connectivity index (χ3n) is 2.82. The average Bonchev–Trinajstić information content (AvgIpc) is 2.28. The largest absolute Gasteiger partial charge is 0.326 e. The highest BCUT2D eigenvalue weighted by atomic mass is 15.0. The van der Waals surface area contributed by atoms with Gasteiger partial charge in [0.2, 0.25) is 0 Å². The zero-order chi connectivity index (χ0) is 10.5. The number of benzene rings is 1. The van der Waals surface area contributed by atoms with Gasteiger partial charge in [-0.15, -0.1) is 0 Å². The van der Waals surface area contributed by atoms with Crippen LogP contribution in [0, 0.1) is 0 Å². The first-order valence-electron chi connectivity index (χ1n) is 5.58. The van der Waals surface area contributed by atoms with Crippen molar-refractivity contribution >= 4 is 0 Å². The Labute approximate surface area is 91.1 Å². The van der Waals surface area contributed by atoms with Crippen LogP contribution in [-0.2, 0) is 6.54 Å². The minimum absolute atomic E-state index is 0.298. The van der Waals surface area contributed by atoms with E-state index in [2.05, 4.69) is 34.9 Å². The fourth-order valence-corrected chi connectivity index (χ4v) is 1.99. The predicted octanol–water partition coefficient (Wildman–Crippen LogP) is 0.465. The standard InChI is InChI=1S/C12H19N3/c13-11-6-12(9-14-8-11)15-7-10-4-2-1-3-5-10/h1-5,11-12,14-15H,6-9,13H2/t11-,12?/m1/s1. The molecular formula is C12H19N3. The highest BCUT2D eigenvalue weighted by molar-refractivity contribution is 5.14. The normalized spacial score (nSPS) is 26.5. The lowest BCUT2D eigenvalue weighted by Gasteiger charge is -2.28. The second-order valence-electron chi connectivity index (χ2n) is 4.22. The number of hydrogen-bond donors (Lipinski definition) is 3. The summed E-state index contributed by atoms with van der Waals surface area (Å²) in [5, 5.41) is 6.86. The van der Waals surface area contributed by atoms with E-state index >= 15 is 0 Å². The van der Waals surface area contributed by atoms with Gasteiger partial charge in [0.25, 0.3) is 0 Å². The molecule has 1 aliphatic heterocycles. The van der Waals surface area contributed by atoms with Crippen molar-refractivity contribution in [2.75, 3.05) is 13.1 Å². The Bertz CT molecular complexity index is 286. The average molecular weight is 205 g/mol. The van der Waals surface area contributed by atoms with E-state index in [0.29, 0.717) is 12.1 Å². The van der Waals surface area contributed by atoms with Crippen LogP contribution in [0.3, 0.4) is 0 Å². The third kappa shape index (κ3) is 3.30. The van der Waals surface area contributed by atoms with Gasteiger partial charge in [0.05, 0.1) is 0 Å². The van der Waals surface area contributed by atoms with Crippen LogP contribution in [0.5, 0.6) is 0 Å². The van der Waals surface area contributed by atoms with Crippen LogP contribution in [0.1, 0.15) is 12.0 Å². The maximum absolute atomic E-state index is 5.89. The fourth-order valence-electron chi connectivity index (χ4n) is 1.99. The van der Waals surface area contributed by atoms with Gasteiger partial charge in [-0.2, -0.15) is 0 Å². The van der Waals surface area contributed by atoms with E-state index in [1.54, 1.807) is 0 Å². The monoisotopic (exact) mass is 205 g/mol. The maximum atomic E-state index is 5.89. The van der Waals surface area contributed by atoms with Gasteiger partial charge in [-0.25, -0.2) is 0 Å². The van der Waals surface area contributed by atoms with Gasteiger partial charge in [-0.05, 0) is 12.0 Å². The first-order chi connectivity index (χ1) is 7.34. The van der Waals surface area contributed by atoms with E-state index in [1.165, 1.54) is 5.56 Å². The van der Waals surface area contributed by atoms with Gasteiger partial charge >= 0.3 is 0 Å². The minimum atomic E-state index is 0.298. The lowest BCUT2D eigenvalue weighted by Crippen LogP contribution is -2.51. The Balaban J connectivity index is 1.78. The summed E-state index contributed by atoms with van der Waals surface area (Å²) in [5.74, 6) is 0. The molecule has 1 fully saturated rings. The molecule has 1 aromatic carbocycles. The van der Waals surface area contributed by atoms with Gasteiger partial charge < -0.3 is 16.4 Å². The van der Waals surface area contributed by atoms with Crippen LogP contribution in [0.15, 0.2) is 30.3 Å². The number of rotatable bonds is 3. The second kappa shape index (κ2) is 5.26. The molecule has 0 spiro atoms. The van der Waals surface area contributed by atoms with Crippen molar-refractivity contribution in [1.82, 2.24) is 10.6 Å². The molecule has 0 saturated carbocycles. The molecule has 1 aromatic rings. The van der Waals surface area contributed by atoms with Crippen LogP contribution in [0.2, 0.25) is 0 Å². The lowest BCUT2D eigenvalue weighted by atomic mass is 10.0. The molecule has 0 aromatic heterocycles. The molecule has 0 aliphatic carbocycles. The molecule has 2 atom stereocenters. The van der Waals surface area contributed by atoms with E-state index in [9.17, 15) is 0 Å². The summed E-state index contributed by atoms with van der Waals surface area (Å²) in [5.41, 5.74) is 7.22. The van der Waals surface area contributed by atoms with Crippen molar-refractivity contribution < 1.29 is 0 Å². The summed E-state index contributed by atoms with van der Waals surface area (Å²) in [7, 11) is 0. The maximum Gasteiger partial charge on any atom is 0.0210 e. The fraction of sp³-hybridized carbons (Fsp3) is 0.500. The van der Waals surface area contributed by atoms with Gasteiger partial charge in [0.15, 0.2) is 0 Å². The van der Waals surface area contributed by atoms with E-state index < -0.39 is 0 Å². The zero-order valence-electron chi connectivity index (χ0n) is 8.95. The smallest absolute Gasteiger partial charge is 0.0210 e. The molecule has 1 saturated heterocycles. The van der Waals surface area contributed by atoms with Gasteiger partial charge in [-0.3, -0.25) is 0 Å². The molecular weight excluding hydrogens is 186 g/mol.